The molecule has 5 nitrogen and oxygen atoms in total. The van der Waals surface area contributed by atoms with Crippen molar-refractivity contribution in [1.82, 2.24) is 15.3 Å². The van der Waals surface area contributed by atoms with E-state index >= 15 is 0 Å². The van der Waals surface area contributed by atoms with Crippen LogP contribution in [0.15, 0.2) is 60.9 Å². The molecular weight excluding hydrogens is 343 g/mol. The number of nitrogens with one attached hydrogen (secondary N) is 2. The van der Waals surface area contributed by atoms with Gasteiger partial charge in [0.15, 0.2) is 0 Å². The van der Waals surface area contributed by atoms with Gasteiger partial charge in [-0.15, -0.1) is 0 Å². The second-order valence-corrected chi connectivity index (χ2v) is 6.09. The van der Waals surface area contributed by atoms with E-state index in [-0.39, 0.29) is 17.4 Å². The third-order valence-corrected chi connectivity index (χ3v) is 4.13. The third-order valence-electron chi connectivity index (χ3n) is 4.13. The summed E-state index contributed by atoms with van der Waals surface area (Å²) in [6, 6.07) is 14.3. The van der Waals surface area contributed by atoms with Crippen LogP contribution < -0.4 is 10.6 Å². The minimum absolute atomic E-state index is 0.251. The van der Waals surface area contributed by atoms with Crippen molar-refractivity contribution in [2.75, 3.05) is 11.9 Å². The summed E-state index contributed by atoms with van der Waals surface area (Å²) in [5.74, 6) is 0.0126. The molecule has 0 aliphatic carbocycles. The Hall–Kier alpha value is -3.28. The summed E-state index contributed by atoms with van der Waals surface area (Å²) in [6.07, 6.45) is 4.58. The summed E-state index contributed by atoms with van der Waals surface area (Å²) in [7, 11) is 0. The van der Waals surface area contributed by atoms with Gasteiger partial charge in [0.05, 0.1) is 12.4 Å². The van der Waals surface area contributed by atoms with Gasteiger partial charge in [-0.05, 0) is 48.2 Å². The Morgan fingerprint density at radius 2 is 1.67 bits per heavy atom. The molecule has 0 saturated carbocycles. The Morgan fingerprint density at radius 3 is 2.30 bits per heavy atom. The summed E-state index contributed by atoms with van der Waals surface area (Å²) in [5, 5.41) is 5.94. The fraction of sp³-hybridized carbons (Fsp3) is 0.190. The predicted octanol–water partition coefficient (Wildman–Crippen LogP) is 3.89. The molecule has 0 atom stereocenters. The van der Waals surface area contributed by atoms with Gasteiger partial charge in [-0.1, -0.05) is 31.2 Å². The number of nitrogens with zero attached hydrogens (tertiary/aromatic N) is 2. The topological polar surface area (TPSA) is 66.9 Å². The highest BCUT2D eigenvalue weighted by atomic mass is 19.1. The lowest BCUT2D eigenvalue weighted by atomic mass is 10.1. The molecule has 0 unspecified atom stereocenters. The zero-order valence-corrected chi connectivity index (χ0v) is 15.1. The quantitative estimate of drug-likeness (QED) is 0.667. The lowest BCUT2D eigenvalue weighted by Crippen LogP contribution is -2.26. The molecule has 0 aliphatic heterocycles. The van der Waals surface area contributed by atoms with Gasteiger partial charge >= 0.3 is 0 Å². The summed E-state index contributed by atoms with van der Waals surface area (Å²) >= 11 is 0. The van der Waals surface area contributed by atoms with Crippen LogP contribution in [0.3, 0.4) is 0 Å². The van der Waals surface area contributed by atoms with Gasteiger partial charge in [0.2, 0.25) is 0 Å². The smallest absolute Gasteiger partial charge is 0.271 e. The first-order valence-corrected chi connectivity index (χ1v) is 8.84. The van der Waals surface area contributed by atoms with Crippen LogP contribution in [0.1, 0.15) is 28.5 Å². The van der Waals surface area contributed by atoms with Gasteiger partial charge in [0.25, 0.3) is 5.91 Å². The first-order chi connectivity index (χ1) is 13.1. The molecule has 0 fully saturated rings. The molecular formula is C21H21FN4O. The summed E-state index contributed by atoms with van der Waals surface area (Å²) < 4.78 is 12.9. The number of halogens is 1. The summed E-state index contributed by atoms with van der Waals surface area (Å²) in [6.45, 7) is 2.55. The number of aromatic nitrogens is 2. The predicted molar refractivity (Wildman–Crippen MR) is 104 cm³/mol. The third kappa shape index (κ3) is 5.34. The molecule has 1 heterocycles. The number of benzene rings is 2. The van der Waals surface area contributed by atoms with Gasteiger partial charge in [-0.3, -0.25) is 4.79 Å². The largest absolute Gasteiger partial charge is 0.350 e. The minimum Gasteiger partial charge on any atom is -0.350 e. The molecule has 0 bridgehead atoms. The number of hydrogen-bond acceptors (Lipinski definition) is 4. The van der Waals surface area contributed by atoms with E-state index < -0.39 is 0 Å². The van der Waals surface area contributed by atoms with E-state index in [1.807, 2.05) is 12.1 Å². The van der Waals surface area contributed by atoms with Crippen molar-refractivity contribution in [3.63, 3.8) is 0 Å². The molecule has 27 heavy (non-hydrogen) atoms. The zero-order chi connectivity index (χ0) is 19.1. The second-order valence-electron chi connectivity index (χ2n) is 6.09. The highest BCUT2D eigenvalue weighted by Crippen LogP contribution is 2.15. The maximum absolute atomic E-state index is 12.9. The number of carbonyl (C=O) groups is 1. The Balaban J connectivity index is 1.51. The maximum atomic E-state index is 12.9. The first-order valence-electron chi connectivity index (χ1n) is 8.84. The fourth-order valence-electron chi connectivity index (χ4n) is 2.54. The van der Waals surface area contributed by atoms with Crippen LogP contribution in [-0.4, -0.2) is 22.4 Å². The highest BCUT2D eigenvalue weighted by Gasteiger charge is 2.08. The van der Waals surface area contributed by atoms with Crippen LogP contribution in [0, 0.1) is 5.82 Å². The number of aryl methyl sites for hydroxylation is 1. The first kappa shape index (κ1) is 18.5. The highest BCUT2D eigenvalue weighted by molar-refractivity contribution is 5.92. The van der Waals surface area contributed by atoms with Crippen molar-refractivity contribution >= 4 is 17.4 Å². The van der Waals surface area contributed by atoms with Crippen molar-refractivity contribution in [2.45, 2.75) is 19.8 Å². The van der Waals surface area contributed by atoms with E-state index in [0.29, 0.717) is 18.8 Å². The molecule has 0 aliphatic rings. The van der Waals surface area contributed by atoms with Gasteiger partial charge in [0, 0.05) is 12.2 Å². The van der Waals surface area contributed by atoms with E-state index in [2.05, 4.69) is 39.7 Å². The monoisotopic (exact) mass is 364 g/mol. The van der Waals surface area contributed by atoms with Crippen molar-refractivity contribution in [3.8, 4) is 0 Å². The Kier molecular flexibility index (Phi) is 6.10. The minimum atomic E-state index is -0.288. The average molecular weight is 364 g/mol. The van der Waals surface area contributed by atoms with Crippen molar-refractivity contribution in [1.29, 1.82) is 0 Å². The van der Waals surface area contributed by atoms with Crippen LogP contribution >= 0.6 is 0 Å². The van der Waals surface area contributed by atoms with E-state index in [4.69, 9.17) is 0 Å². The van der Waals surface area contributed by atoms with E-state index in [9.17, 15) is 9.18 Å². The number of amides is 1. The van der Waals surface area contributed by atoms with Crippen molar-refractivity contribution < 1.29 is 9.18 Å². The zero-order valence-electron chi connectivity index (χ0n) is 15.1. The second kappa shape index (κ2) is 8.89. The molecule has 3 rings (SSSR count). The number of carbonyl (C=O) groups excluding carboxylic acids is 1. The average Bonchev–Trinajstić information content (AvgIpc) is 2.70. The SMILES string of the molecule is CCc1ccc(Nc2cnc(C(=O)NCCc3ccc(F)cc3)cn2)cc1. The molecule has 2 aromatic carbocycles. The van der Waals surface area contributed by atoms with Crippen LogP contribution in [0.5, 0.6) is 0 Å². The normalized spacial score (nSPS) is 10.4. The van der Waals surface area contributed by atoms with Crippen LogP contribution in [0.25, 0.3) is 0 Å². The molecule has 2 N–H and O–H groups in total. The van der Waals surface area contributed by atoms with Crippen molar-refractivity contribution in [2.24, 2.45) is 0 Å². The number of rotatable bonds is 7. The Morgan fingerprint density at radius 1 is 0.963 bits per heavy atom. The van der Waals surface area contributed by atoms with Crippen LogP contribution in [-0.2, 0) is 12.8 Å². The molecule has 0 radical (unpaired) electrons. The summed E-state index contributed by atoms with van der Waals surface area (Å²) in [5.41, 5.74) is 3.38. The maximum Gasteiger partial charge on any atom is 0.271 e. The van der Waals surface area contributed by atoms with E-state index in [0.717, 1.165) is 17.7 Å². The Labute approximate surface area is 157 Å². The molecule has 1 amide bonds. The lowest BCUT2D eigenvalue weighted by molar-refractivity contribution is 0.0949. The van der Waals surface area contributed by atoms with Gasteiger partial charge in [0.1, 0.15) is 17.3 Å². The van der Waals surface area contributed by atoms with Gasteiger partial charge < -0.3 is 10.6 Å². The fourth-order valence-corrected chi connectivity index (χ4v) is 2.54. The van der Waals surface area contributed by atoms with Gasteiger partial charge in [-0.25, -0.2) is 14.4 Å². The molecule has 138 valence electrons. The van der Waals surface area contributed by atoms with Crippen molar-refractivity contribution in [3.05, 3.63) is 83.6 Å². The number of hydrogen-bond donors (Lipinski definition) is 2. The molecule has 0 saturated heterocycles. The van der Waals surface area contributed by atoms with Crippen LogP contribution in [0.4, 0.5) is 15.9 Å². The molecule has 0 spiro atoms. The summed E-state index contributed by atoms with van der Waals surface area (Å²) in [4.78, 5) is 20.5. The molecule has 6 heteroatoms. The van der Waals surface area contributed by atoms with Gasteiger partial charge in [-0.2, -0.15) is 0 Å². The van der Waals surface area contributed by atoms with Crippen LogP contribution in [0.2, 0.25) is 0 Å². The molecule has 3 aromatic rings. The lowest BCUT2D eigenvalue weighted by Gasteiger charge is -2.07. The Bertz CT molecular complexity index is 878. The standard InChI is InChI=1S/C21H21FN4O/c1-2-15-5-9-18(10-6-15)26-20-14-24-19(13-25-20)21(27)23-12-11-16-3-7-17(22)8-4-16/h3-10,13-14H,2,11-12H2,1H3,(H,23,27)(H,25,26). The van der Waals surface area contributed by atoms with E-state index in [1.54, 1.807) is 12.1 Å². The molecule has 1 aromatic heterocycles. The van der Waals surface area contributed by atoms with E-state index in [1.165, 1.54) is 30.1 Å². The number of anilines is 2.